The second-order valence-corrected chi connectivity index (χ2v) is 5.41. The van der Waals surface area contributed by atoms with Gasteiger partial charge in [0.2, 0.25) is 0 Å². The van der Waals surface area contributed by atoms with Crippen LogP contribution in [0, 0.1) is 6.92 Å². The van der Waals surface area contributed by atoms with Crippen LogP contribution >= 0.6 is 11.3 Å². The summed E-state index contributed by atoms with van der Waals surface area (Å²) in [6.07, 6.45) is 2.42. The summed E-state index contributed by atoms with van der Waals surface area (Å²) < 4.78 is 10.3. The number of nitrogens with one attached hydrogen (secondary N) is 1. The molecular formula is C12H18N2O3S. The first-order valence-corrected chi connectivity index (χ1v) is 6.87. The van der Waals surface area contributed by atoms with E-state index in [1.54, 1.807) is 0 Å². The molecule has 100 valence electrons. The molecule has 1 N–H and O–H groups in total. The summed E-state index contributed by atoms with van der Waals surface area (Å²) in [5.74, 6) is -0.331. The van der Waals surface area contributed by atoms with Gasteiger partial charge >= 0.3 is 5.97 Å². The Kier molecular flexibility index (Phi) is 4.19. The molecule has 5 nitrogen and oxygen atoms in total. The molecule has 1 saturated heterocycles. The molecule has 1 aliphatic rings. The number of ether oxygens (including phenoxy) is 2. The zero-order valence-electron chi connectivity index (χ0n) is 10.9. The molecule has 1 aromatic heterocycles. The lowest BCUT2D eigenvalue weighted by molar-refractivity contribution is 0.0605. The van der Waals surface area contributed by atoms with Gasteiger partial charge in [-0.2, -0.15) is 0 Å². The molecule has 0 bridgehead atoms. The first kappa shape index (κ1) is 13.3. The maximum atomic E-state index is 11.5. The van der Waals surface area contributed by atoms with Gasteiger partial charge in [0.05, 0.1) is 24.9 Å². The average molecular weight is 270 g/mol. The molecule has 1 aromatic rings. The summed E-state index contributed by atoms with van der Waals surface area (Å²) >= 11 is 1.33. The highest BCUT2D eigenvalue weighted by molar-refractivity contribution is 7.17. The number of thiazole rings is 1. The lowest BCUT2D eigenvalue weighted by Gasteiger charge is -2.19. The molecule has 0 spiro atoms. The molecule has 0 amide bonds. The molecule has 0 saturated carbocycles. The Labute approximate surface area is 111 Å². The van der Waals surface area contributed by atoms with Crippen molar-refractivity contribution >= 4 is 22.4 Å². The molecule has 0 aromatic carbocycles. The monoisotopic (exact) mass is 270 g/mol. The van der Waals surface area contributed by atoms with Crippen molar-refractivity contribution in [2.45, 2.75) is 38.8 Å². The molecule has 2 heterocycles. The Balaban J connectivity index is 2.03. The fourth-order valence-corrected chi connectivity index (χ4v) is 3.01. The van der Waals surface area contributed by atoms with Gasteiger partial charge in [-0.05, 0) is 26.7 Å². The summed E-state index contributed by atoms with van der Waals surface area (Å²) in [4.78, 5) is 16.4. The second kappa shape index (κ2) is 5.67. The number of hydrogen-bond donors (Lipinski definition) is 1. The lowest BCUT2D eigenvalue weighted by atomic mass is 10.1. The number of carbonyl (C=O) groups is 1. The third kappa shape index (κ3) is 2.81. The highest BCUT2D eigenvalue weighted by Crippen LogP contribution is 2.25. The molecule has 2 unspecified atom stereocenters. The number of anilines is 1. The molecule has 6 heteroatoms. The Morgan fingerprint density at radius 2 is 2.44 bits per heavy atom. The van der Waals surface area contributed by atoms with Gasteiger partial charge in [0.15, 0.2) is 5.13 Å². The van der Waals surface area contributed by atoms with E-state index >= 15 is 0 Å². The third-order valence-electron chi connectivity index (χ3n) is 3.04. The van der Waals surface area contributed by atoms with Crippen LogP contribution < -0.4 is 5.32 Å². The average Bonchev–Trinajstić information content (AvgIpc) is 2.97. The maximum Gasteiger partial charge on any atom is 0.350 e. The molecule has 2 atom stereocenters. The Hall–Kier alpha value is -1.14. The summed E-state index contributed by atoms with van der Waals surface area (Å²) in [6, 6.07) is 0.198. The zero-order valence-corrected chi connectivity index (χ0v) is 11.7. The van der Waals surface area contributed by atoms with E-state index in [0.29, 0.717) is 10.6 Å². The van der Waals surface area contributed by atoms with Crippen molar-refractivity contribution < 1.29 is 14.3 Å². The minimum absolute atomic E-state index is 0.198. The van der Waals surface area contributed by atoms with E-state index < -0.39 is 0 Å². The molecule has 0 aliphatic carbocycles. The van der Waals surface area contributed by atoms with Crippen molar-refractivity contribution in [3.05, 3.63) is 10.6 Å². The second-order valence-electron chi connectivity index (χ2n) is 4.41. The molecule has 0 radical (unpaired) electrons. The van der Waals surface area contributed by atoms with Gasteiger partial charge in [-0.25, -0.2) is 9.78 Å². The van der Waals surface area contributed by atoms with Crippen molar-refractivity contribution in [1.29, 1.82) is 0 Å². The van der Waals surface area contributed by atoms with Crippen LogP contribution in [0.1, 0.15) is 35.1 Å². The smallest absolute Gasteiger partial charge is 0.350 e. The quantitative estimate of drug-likeness (QED) is 0.850. The fraction of sp³-hybridized carbons (Fsp3) is 0.667. The van der Waals surface area contributed by atoms with E-state index in [1.807, 2.05) is 6.92 Å². The SMILES string of the molecule is COC(=O)c1sc(NC(C)C2CCCO2)nc1C. The molecule has 1 aliphatic heterocycles. The van der Waals surface area contributed by atoms with E-state index in [-0.39, 0.29) is 18.1 Å². The lowest BCUT2D eigenvalue weighted by Crippen LogP contribution is -2.29. The van der Waals surface area contributed by atoms with Crippen LogP contribution in [0.4, 0.5) is 5.13 Å². The molecule has 2 rings (SSSR count). The van der Waals surface area contributed by atoms with Crippen LogP contribution in [0.25, 0.3) is 0 Å². The van der Waals surface area contributed by atoms with Crippen LogP contribution in [0.2, 0.25) is 0 Å². The number of methoxy groups -OCH3 is 1. The standard InChI is InChI=1S/C12H18N2O3S/c1-7(9-5-4-6-17-9)13-12-14-8(2)10(18-12)11(15)16-3/h7,9H,4-6H2,1-3H3,(H,13,14). The van der Waals surface area contributed by atoms with Gasteiger partial charge in [0, 0.05) is 6.61 Å². The van der Waals surface area contributed by atoms with E-state index in [1.165, 1.54) is 18.4 Å². The first-order valence-electron chi connectivity index (χ1n) is 6.05. The summed E-state index contributed by atoms with van der Waals surface area (Å²) in [6.45, 7) is 4.72. The largest absolute Gasteiger partial charge is 0.465 e. The van der Waals surface area contributed by atoms with Gasteiger partial charge < -0.3 is 14.8 Å². The zero-order chi connectivity index (χ0) is 13.1. The van der Waals surface area contributed by atoms with E-state index in [0.717, 1.165) is 24.6 Å². The van der Waals surface area contributed by atoms with Crippen molar-refractivity contribution in [2.24, 2.45) is 0 Å². The minimum atomic E-state index is -0.331. The summed E-state index contributed by atoms with van der Waals surface area (Å²) in [7, 11) is 1.38. The van der Waals surface area contributed by atoms with Crippen LogP contribution in [0.15, 0.2) is 0 Å². The van der Waals surface area contributed by atoms with Crippen LogP contribution in [-0.4, -0.2) is 36.8 Å². The highest BCUT2D eigenvalue weighted by Gasteiger charge is 2.24. The van der Waals surface area contributed by atoms with Gasteiger partial charge in [-0.15, -0.1) is 0 Å². The molecular weight excluding hydrogens is 252 g/mol. The molecule has 18 heavy (non-hydrogen) atoms. The number of nitrogens with zero attached hydrogens (tertiary/aromatic N) is 1. The maximum absolute atomic E-state index is 11.5. The topological polar surface area (TPSA) is 60.5 Å². The first-order chi connectivity index (χ1) is 8.61. The van der Waals surface area contributed by atoms with Crippen LogP contribution in [0.3, 0.4) is 0 Å². The van der Waals surface area contributed by atoms with E-state index in [4.69, 9.17) is 9.47 Å². The fourth-order valence-electron chi connectivity index (χ4n) is 2.02. The normalized spacial score (nSPS) is 20.7. The van der Waals surface area contributed by atoms with Gasteiger partial charge in [-0.3, -0.25) is 0 Å². The number of hydrogen-bond acceptors (Lipinski definition) is 6. The van der Waals surface area contributed by atoms with Crippen molar-refractivity contribution in [3.63, 3.8) is 0 Å². The van der Waals surface area contributed by atoms with Crippen LogP contribution in [-0.2, 0) is 9.47 Å². The summed E-state index contributed by atoms with van der Waals surface area (Å²) in [5.41, 5.74) is 0.703. The number of aromatic nitrogens is 1. The number of aryl methyl sites for hydroxylation is 1. The predicted octanol–water partition coefficient (Wildman–Crippen LogP) is 2.22. The van der Waals surface area contributed by atoms with Crippen LogP contribution in [0.5, 0.6) is 0 Å². The predicted molar refractivity (Wildman–Crippen MR) is 70.2 cm³/mol. The van der Waals surface area contributed by atoms with Crippen molar-refractivity contribution in [3.8, 4) is 0 Å². The Morgan fingerprint density at radius 1 is 1.67 bits per heavy atom. The number of carbonyl (C=O) groups excluding carboxylic acids is 1. The van der Waals surface area contributed by atoms with Crippen molar-refractivity contribution in [1.82, 2.24) is 4.98 Å². The highest BCUT2D eigenvalue weighted by atomic mass is 32.1. The minimum Gasteiger partial charge on any atom is -0.465 e. The molecule has 1 fully saturated rings. The van der Waals surface area contributed by atoms with Gasteiger partial charge in [0.25, 0.3) is 0 Å². The van der Waals surface area contributed by atoms with E-state index in [9.17, 15) is 4.79 Å². The number of esters is 1. The third-order valence-corrected chi connectivity index (χ3v) is 4.11. The Bertz CT molecular complexity index is 427. The van der Waals surface area contributed by atoms with Gasteiger partial charge in [-0.1, -0.05) is 11.3 Å². The van der Waals surface area contributed by atoms with Crippen molar-refractivity contribution in [2.75, 3.05) is 19.0 Å². The van der Waals surface area contributed by atoms with E-state index in [2.05, 4.69) is 17.2 Å². The summed E-state index contributed by atoms with van der Waals surface area (Å²) in [5, 5.41) is 4.04. The Morgan fingerprint density at radius 3 is 3.06 bits per heavy atom. The number of rotatable bonds is 4. The van der Waals surface area contributed by atoms with Gasteiger partial charge in [0.1, 0.15) is 4.88 Å².